The second-order valence-corrected chi connectivity index (χ2v) is 9.80. The SMILES string of the molecule is CC#CCOc1ccc(S(=O)(=O)N(Cc2cccnc2)C2(N(O)C(C)=O)CCCCC2)cc1. The van der Waals surface area contributed by atoms with Crippen LogP contribution >= 0.6 is 0 Å². The first kappa shape index (κ1) is 24.7. The predicted molar refractivity (Wildman–Crippen MR) is 122 cm³/mol. The molecule has 0 spiro atoms. The van der Waals surface area contributed by atoms with Gasteiger partial charge in [-0.2, -0.15) is 4.31 Å². The molecule has 1 aromatic heterocycles. The van der Waals surface area contributed by atoms with Gasteiger partial charge in [-0.15, -0.1) is 5.92 Å². The zero-order valence-corrected chi connectivity index (χ0v) is 19.7. The lowest BCUT2D eigenvalue weighted by atomic mass is 9.88. The minimum Gasteiger partial charge on any atom is -0.481 e. The molecule has 1 aromatic carbocycles. The minimum absolute atomic E-state index is 0.0369. The molecule has 8 nitrogen and oxygen atoms in total. The number of aromatic nitrogens is 1. The van der Waals surface area contributed by atoms with Gasteiger partial charge in [0.1, 0.15) is 18.0 Å². The lowest BCUT2D eigenvalue weighted by Crippen LogP contribution is -2.63. The van der Waals surface area contributed by atoms with E-state index < -0.39 is 21.6 Å². The van der Waals surface area contributed by atoms with Crippen molar-refractivity contribution in [2.75, 3.05) is 6.61 Å². The van der Waals surface area contributed by atoms with Gasteiger partial charge in [-0.1, -0.05) is 18.4 Å². The van der Waals surface area contributed by atoms with E-state index in [-0.39, 0.29) is 18.0 Å². The Balaban J connectivity index is 2.05. The second kappa shape index (κ2) is 10.8. The first-order valence-electron chi connectivity index (χ1n) is 10.8. The van der Waals surface area contributed by atoms with Crippen LogP contribution in [0.2, 0.25) is 0 Å². The highest BCUT2D eigenvalue weighted by Crippen LogP contribution is 2.40. The van der Waals surface area contributed by atoms with Gasteiger partial charge in [-0.3, -0.25) is 15.0 Å². The van der Waals surface area contributed by atoms with E-state index in [0.29, 0.717) is 42.1 Å². The summed E-state index contributed by atoms with van der Waals surface area (Å²) in [6.45, 7) is 3.11. The molecule has 1 N–H and O–H groups in total. The number of pyridine rings is 1. The van der Waals surface area contributed by atoms with Crippen molar-refractivity contribution in [2.24, 2.45) is 0 Å². The summed E-state index contributed by atoms with van der Waals surface area (Å²) < 4.78 is 34.6. The van der Waals surface area contributed by atoms with Crippen molar-refractivity contribution in [3.63, 3.8) is 0 Å². The van der Waals surface area contributed by atoms with E-state index in [1.54, 1.807) is 43.6 Å². The van der Waals surface area contributed by atoms with E-state index in [0.717, 1.165) is 6.42 Å². The zero-order chi connectivity index (χ0) is 23.9. The molecule has 1 saturated carbocycles. The molecule has 0 aliphatic heterocycles. The fourth-order valence-electron chi connectivity index (χ4n) is 4.12. The van der Waals surface area contributed by atoms with E-state index in [1.165, 1.54) is 23.4 Å². The maximum Gasteiger partial charge on any atom is 0.245 e. The molecule has 33 heavy (non-hydrogen) atoms. The number of hydrogen-bond donors (Lipinski definition) is 1. The van der Waals surface area contributed by atoms with E-state index in [1.807, 2.05) is 0 Å². The number of ether oxygens (including phenoxy) is 1. The first-order valence-corrected chi connectivity index (χ1v) is 12.3. The molecule has 0 saturated heterocycles. The molecule has 2 aromatic rings. The van der Waals surface area contributed by atoms with Crippen molar-refractivity contribution in [3.8, 4) is 17.6 Å². The van der Waals surface area contributed by atoms with Gasteiger partial charge in [-0.25, -0.2) is 13.5 Å². The third kappa shape index (κ3) is 5.53. The van der Waals surface area contributed by atoms with Crippen molar-refractivity contribution in [1.29, 1.82) is 0 Å². The molecular formula is C24H29N3O5S. The highest BCUT2D eigenvalue weighted by molar-refractivity contribution is 7.89. The van der Waals surface area contributed by atoms with Crippen molar-refractivity contribution >= 4 is 15.9 Å². The van der Waals surface area contributed by atoms with Crippen LogP contribution in [0.15, 0.2) is 53.7 Å². The summed E-state index contributed by atoms with van der Waals surface area (Å²) in [5.74, 6) is 5.41. The van der Waals surface area contributed by atoms with Gasteiger partial charge in [0.2, 0.25) is 15.9 Å². The molecule has 0 unspecified atom stereocenters. The normalized spacial score (nSPS) is 15.4. The standard InChI is InChI=1S/C24H29N3O5S/c1-3-4-17-32-22-10-12-23(13-11-22)33(30,31)26(19-21-9-8-16-25-18-21)24(27(29)20(2)28)14-6-5-7-15-24/h8-13,16,18,29H,5-7,14-15,17,19H2,1-2H3. The van der Waals surface area contributed by atoms with Crippen LogP contribution in [0.4, 0.5) is 0 Å². The molecule has 1 aliphatic rings. The van der Waals surface area contributed by atoms with Gasteiger partial charge in [-0.05, 0) is 68.5 Å². The lowest BCUT2D eigenvalue weighted by molar-refractivity contribution is -0.222. The summed E-state index contributed by atoms with van der Waals surface area (Å²) in [5, 5.41) is 11.5. The Bertz CT molecular complexity index is 1100. The largest absolute Gasteiger partial charge is 0.481 e. The molecular weight excluding hydrogens is 442 g/mol. The summed E-state index contributed by atoms with van der Waals surface area (Å²) in [6, 6.07) is 9.57. The molecule has 1 fully saturated rings. The number of sulfonamides is 1. The average Bonchev–Trinajstić information content (AvgIpc) is 2.83. The van der Waals surface area contributed by atoms with Crippen LogP contribution in [0.5, 0.6) is 5.75 Å². The third-order valence-corrected chi connectivity index (χ3v) is 7.68. The van der Waals surface area contributed by atoms with Crippen LogP contribution in [0, 0.1) is 11.8 Å². The average molecular weight is 472 g/mol. The highest BCUT2D eigenvalue weighted by atomic mass is 32.2. The molecule has 176 valence electrons. The Morgan fingerprint density at radius 2 is 1.88 bits per heavy atom. The predicted octanol–water partition coefficient (Wildman–Crippen LogP) is 3.57. The van der Waals surface area contributed by atoms with Gasteiger partial charge < -0.3 is 4.74 Å². The Hall–Kier alpha value is -2.93. The van der Waals surface area contributed by atoms with E-state index >= 15 is 0 Å². The zero-order valence-electron chi connectivity index (χ0n) is 18.9. The van der Waals surface area contributed by atoms with Gasteiger partial charge in [0.25, 0.3) is 0 Å². The maximum absolute atomic E-state index is 13.9. The van der Waals surface area contributed by atoms with Crippen molar-refractivity contribution in [1.82, 2.24) is 14.4 Å². The van der Waals surface area contributed by atoms with Crippen LogP contribution in [0.25, 0.3) is 0 Å². The van der Waals surface area contributed by atoms with E-state index in [9.17, 15) is 18.4 Å². The molecule has 1 heterocycles. The first-order chi connectivity index (χ1) is 15.8. The van der Waals surface area contributed by atoms with Crippen LogP contribution in [0.1, 0.15) is 51.5 Å². The van der Waals surface area contributed by atoms with E-state index in [2.05, 4.69) is 16.8 Å². The summed E-state index contributed by atoms with van der Waals surface area (Å²) in [5.41, 5.74) is -0.731. The molecule has 0 atom stereocenters. The summed E-state index contributed by atoms with van der Waals surface area (Å²) in [7, 11) is -4.11. The maximum atomic E-state index is 13.9. The van der Waals surface area contributed by atoms with Gasteiger partial charge in [0, 0.05) is 25.9 Å². The minimum atomic E-state index is -4.11. The van der Waals surface area contributed by atoms with Crippen LogP contribution < -0.4 is 4.74 Å². The molecule has 1 amide bonds. The van der Waals surface area contributed by atoms with Crippen LogP contribution in [0.3, 0.4) is 0 Å². The van der Waals surface area contributed by atoms with E-state index in [4.69, 9.17) is 4.74 Å². The summed E-state index contributed by atoms with van der Waals surface area (Å²) in [6.07, 6.45) is 6.14. The smallest absolute Gasteiger partial charge is 0.245 e. The fraction of sp³-hybridized carbons (Fsp3) is 0.417. The summed E-state index contributed by atoms with van der Waals surface area (Å²) >= 11 is 0. The fourth-order valence-corrected chi connectivity index (χ4v) is 5.88. The van der Waals surface area contributed by atoms with Gasteiger partial charge in [0.15, 0.2) is 0 Å². The number of hydrogen-bond acceptors (Lipinski definition) is 6. The van der Waals surface area contributed by atoms with Crippen LogP contribution in [-0.4, -0.2) is 46.2 Å². The monoisotopic (exact) mass is 471 g/mol. The molecule has 9 heteroatoms. The Morgan fingerprint density at radius 1 is 1.18 bits per heavy atom. The number of hydroxylamine groups is 2. The number of amides is 1. The molecule has 0 radical (unpaired) electrons. The van der Waals surface area contributed by atoms with Crippen molar-refractivity contribution in [3.05, 3.63) is 54.4 Å². The van der Waals surface area contributed by atoms with Crippen molar-refractivity contribution < 1.29 is 23.2 Å². The highest BCUT2D eigenvalue weighted by Gasteiger charge is 2.50. The quantitative estimate of drug-likeness (QED) is 0.273. The lowest BCUT2D eigenvalue weighted by Gasteiger charge is -2.48. The second-order valence-electron chi connectivity index (χ2n) is 7.93. The Morgan fingerprint density at radius 3 is 2.45 bits per heavy atom. The number of carbonyl (C=O) groups is 1. The third-order valence-electron chi connectivity index (χ3n) is 5.76. The van der Waals surface area contributed by atoms with Crippen molar-refractivity contribution in [2.45, 2.75) is 63.1 Å². The number of nitrogens with zero attached hydrogens (tertiary/aromatic N) is 3. The number of rotatable bonds is 8. The van der Waals surface area contributed by atoms with Gasteiger partial charge in [0.05, 0.1) is 4.90 Å². The van der Waals surface area contributed by atoms with Gasteiger partial charge >= 0.3 is 0 Å². The topological polar surface area (TPSA) is 100 Å². The Kier molecular flexibility index (Phi) is 8.08. The molecule has 1 aliphatic carbocycles. The number of carbonyl (C=O) groups excluding carboxylic acids is 1. The number of benzene rings is 1. The van der Waals surface area contributed by atoms with Crippen LogP contribution in [-0.2, 0) is 21.4 Å². The Labute approximate surface area is 195 Å². The summed E-state index contributed by atoms with van der Waals surface area (Å²) in [4.78, 5) is 16.4. The molecule has 3 rings (SSSR count). The molecule has 0 bridgehead atoms.